The third kappa shape index (κ3) is 2.79. The Morgan fingerprint density at radius 3 is 2.14 bits per heavy atom. The number of hydrogen-bond donors (Lipinski definition) is 0. The van der Waals surface area contributed by atoms with Crippen LogP contribution in [0.25, 0.3) is 0 Å². The van der Waals surface area contributed by atoms with Crippen molar-refractivity contribution in [2.45, 2.75) is 32.1 Å². The van der Waals surface area contributed by atoms with Gasteiger partial charge in [-0.15, -0.1) is 0 Å². The van der Waals surface area contributed by atoms with Crippen LogP contribution in [0.3, 0.4) is 0 Å². The van der Waals surface area contributed by atoms with Crippen molar-refractivity contribution in [3.8, 4) is 0 Å². The number of nitrogens with zero attached hydrogens (tertiary/aromatic N) is 1. The summed E-state index contributed by atoms with van der Waals surface area (Å²) in [4.78, 5) is 41.3. The maximum Gasteiger partial charge on any atom is 0.333 e. The molecule has 1 aliphatic heterocycles. The van der Waals surface area contributed by atoms with Gasteiger partial charge in [-0.1, -0.05) is 29.3 Å². The fourth-order valence-corrected chi connectivity index (χ4v) is 2.87. The number of amides is 2. The fourth-order valence-electron chi connectivity index (χ4n) is 2.87. The van der Waals surface area contributed by atoms with Crippen molar-refractivity contribution in [2.24, 2.45) is 5.92 Å². The molecule has 0 bridgehead atoms. The lowest BCUT2D eigenvalue weighted by molar-refractivity contribution is -0.169. The summed E-state index contributed by atoms with van der Waals surface area (Å²) in [6, 6.07) is 6.46. The molecule has 0 fully saturated rings. The van der Waals surface area contributed by atoms with Crippen LogP contribution in [0.15, 0.2) is 36.4 Å². The summed E-state index contributed by atoms with van der Waals surface area (Å²) in [7, 11) is 0. The maximum absolute atomic E-state index is 12.1. The molecule has 0 unspecified atom stereocenters. The van der Waals surface area contributed by atoms with Gasteiger partial charge in [-0.05, 0) is 43.7 Å². The second-order valence-corrected chi connectivity index (χ2v) is 5.61. The maximum atomic E-state index is 12.1. The van der Waals surface area contributed by atoms with E-state index in [1.165, 1.54) is 0 Å². The van der Waals surface area contributed by atoms with Crippen molar-refractivity contribution in [3.05, 3.63) is 47.5 Å². The molecule has 0 saturated carbocycles. The van der Waals surface area contributed by atoms with Gasteiger partial charge in [0, 0.05) is 0 Å². The van der Waals surface area contributed by atoms with Gasteiger partial charge in [0.15, 0.2) is 0 Å². The van der Waals surface area contributed by atoms with E-state index in [0.29, 0.717) is 5.06 Å². The third-order valence-electron chi connectivity index (χ3n) is 4.06. The van der Waals surface area contributed by atoms with Crippen LogP contribution >= 0.6 is 0 Å². The zero-order valence-electron chi connectivity index (χ0n) is 12.2. The molecule has 0 spiro atoms. The lowest BCUT2D eigenvalue weighted by Crippen LogP contribution is -2.33. The smallest absolute Gasteiger partial charge is 0.330 e. The van der Waals surface area contributed by atoms with Gasteiger partial charge in [0.1, 0.15) is 0 Å². The van der Waals surface area contributed by atoms with Gasteiger partial charge in [-0.2, -0.15) is 0 Å². The highest BCUT2D eigenvalue weighted by Crippen LogP contribution is 2.25. The topological polar surface area (TPSA) is 63.7 Å². The highest BCUT2D eigenvalue weighted by Gasteiger charge is 2.38. The monoisotopic (exact) mass is 299 g/mol. The van der Waals surface area contributed by atoms with Gasteiger partial charge in [0.2, 0.25) is 0 Å². The summed E-state index contributed by atoms with van der Waals surface area (Å²) in [6.45, 7) is 0. The van der Waals surface area contributed by atoms with Crippen LogP contribution in [0, 0.1) is 5.92 Å². The number of imide groups is 1. The lowest BCUT2D eigenvalue weighted by atomic mass is 9.96. The van der Waals surface area contributed by atoms with Gasteiger partial charge in [-0.3, -0.25) is 9.59 Å². The van der Waals surface area contributed by atoms with E-state index >= 15 is 0 Å². The zero-order valence-corrected chi connectivity index (χ0v) is 12.2. The molecule has 1 aromatic rings. The Balaban J connectivity index is 1.63. The number of carbonyl (C=O) groups excluding carboxylic acids is 3. The Bertz CT molecular complexity index is 605. The minimum Gasteiger partial charge on any atom is -0.330 e. The fraction of sp³-hybridized carbons (Fsp3) is 0.353. The minimum atomic E-state index is -0.573. The molecule has 1 heterocycles. The SMILES string of the molecule is O=C(CC1CCC=CCC1)ON1C(=O)c2ccccc2C1=O. The molecule has 2 aliphatic rings. The quantitative estimate of drug-likeness (QED) is 0.636. The van der Waals surface area contributed by atoms with E-state index in [1.807, 2.05) is 0 Å². The lowest BCUT2D eigenvalue weighted by Gasteiger charge is -2.16. The number of rotatable bonds is 3. The molecule has 0 saturated heterocycles. The molecule has 114 valence electrons. The first-order chi connectivity index (χ1) is 10.7. The van der Waals surface area contributed by atoms with Gasteiger partial charge in [-0.25, -0.2) is 4.79 Å². The summed E-state index contributed by atoms with van der Waals surface area (Å²) >= 11 is 0. The van der Waals surface area contributed by atoms with E-state index in [0.717, 1.165) is 25.7 Å². The summed E-state index contributed by atoms with van der Waals surface area (Å²) in [6.07, 6.45) is 8.22. The van der Waals surface area contributed by atoms with Crippen molar-refractivity contribution in [1.82, 2.24) is 5.06 Å². The standard InChI is InChI=1S/C17H17NO4/c19-15(11-12-7-3-1-2-4-8-12)22-18-16(20)13-9-5-6-10-14(13)17(18)21/h1-2,5-6,9-10,12H,3-4,7-8,11H2. The molecule has 5 heteroatoms. The van der Waals surface area contributed by atoms with Crippen molar-refractivity contribution in [3.63, 3.8) is 0 Å². The molecule has 1 aliphatic carbocycles. The zero-order chi connectivity index (χ0) is 15.5. The second-order valence-electron chi connectivity index (χ2n) is 5.61. The van der Waals surface area contributed by atoms with Crippen molar-refractivity contribution in [1.29, 1.82) is 0 Å². The Kier molecular flexibility index (Phi) is 4.04. The predicted octanol–water partition coefficient (Wildman–Crippen LogP) is 2.88. The number of hydroxylamine groups is 2. The first kappa shape index (κ1) is 14.5. The first-order valence-corrected chi connectivity index (χ1v) is 7.50. The average Bonchev–Trinajstić information content (AvgIpc) is 2.72. The minimum absolute atomic E-state index is 0.231. The largest absolute Gasteiger partial charge is 0.333 e. The summed E-state index contributed by atoms with van der Waals surface area (Å²) in [5, 5.41) is 0.585. The Morgan fingerprint density at radius 2 is 1.59 bits per heavy atom. The van der Waals surface area contributed by atoms with Crippen LogP contribution in [-0.4, -0.2) is 22.8 Å². The normalized spacial score (nSPS) is 18.3. The molecule has 0 N–H and O–H groups in total. The Hall–Kier alpha value is -2.43. The molecule has 0 atom stereocenters. The molecular formula is C17H17NO4. The van der Waals surface area contributed by atoms with E-state index < -0.39 is 17.8 Å². The number of hydrogen-bond acceptors (Lipinski definition) is 4. The molecule has 22 heavy (non-hydrogen) atoms. The Morgan fingerprint density at radius 1 is 1.05 bits per heavy atom. The van der Waals surface area contributed by atoms with E-state index in [1.54, 1.807) is 24.3 Å². The number of carbonyl (C=O) groups is 3. The van der Waals surface area contributed by atoms with Crippen LogP contribution < -0.4 is 0 Å². The molecule has 1 aromatic carbocycles. The van der Waals surface area contributed by atoms with Crippen molar-refractivity contribution in [2.75, 3.05) is 0 Å². The van der Waals surface area contributed by atoms with Gasteiger partial charge in [0.05, 0.1) is 17.5 Å². The summed E-state index contributed by atoms with van der Waals surface area (Å²) in [5.41, 5.74) is 0.554. The van der Waals surface area contributed by atoms with Crippen LogP contribution in [0.5, 0.6) is 0 Å². The molecular weight excluding hydrogens is 282 g/mol. The molecule has 0 aromatic heterocycles. The predicted molar refractivity (Wildman–Crippen MR) is 78.7 cm³/mol. The van der Waals surface area contributed by atoms with Crippen LogP contribution in [0.2, 0.25) is 0 Å². The molecule has 2 amide bonds. The van der Waals surface area contributed by atoms with Crippen molar-refractivity contribution >= 4 is 17.8 Å². The van der Waals surface area contributed by atoms with Gasteiger partial charge < -0.3 is 4.84 Å². The number of allylic oxidation sites excluding steroid dienone is 2. The summed E-state index contributed by atoms with van der Waals surface area (Å²) < 4.78 is 0. The van der Waals surface area contributed by atoms with E-state index in [-0.39, 0.29) is 23.5 Å². The van der Waals surface area contributed by atoms with Crippen molar-refractivity contribution < 1.29 is 19.2 Å². The van der Waals surface area contributed by atoms with Gasteiger partial charge >= 0.3 is 5.97 Å². The van der Waals surface area contributed by atoms with Crippen LogP contribution in [0.4, 0.5) is 0 Å². The highest BCUT2D eigenvalue weighted by molar-refractivity contribution is 6.20. The average molecular weight is 299 g/mol. The van der Waals surface area contributed by atoms with E-state index in [2.05, 4.69) is 12.2 Å². The van der Waals surface area contributed by atoms with E-state index in [4.69, 9.17) is 4.84 Å². The van der Waals surface area contributed by atoms with Crippen LogP contribution in [-0.2, 0) is 9.63 Å². The van der Waals surface area contributed by atoms with E-state index in [9.17, 15) is 14.4 Å². The first-order valence-electron chi connectivity index (χ1n) is 7.50. The second kappa shape index (κ2) is 6.13. The molecule has 0 radical (unpaired) electrons. The molecule has 5 nitrogen and oxygen atoms in total. The summed E-state index contributed by atoms with van der Waals surface area (Å²) in [5.74, 6) is -1.44. The van der Waals surface area contributed by atoms with Crippen LogP contribution in [0.1, 0.15) is 52.8 Å². The third-order valence-corrected chi connectivity index (χ3v) is 4.06. The number of benzene rings is 1. The number of fused-ring (bicyclic) bond motifs is 1. The van der Waals surface area contributed by atoms with Gasteiger partial charge in [0.25, 0.3) is 11.8 Å². The molecule has 3 rings (SSSR count). The highest BCUT2D eigenvalue weighted by atomic mass is 16.7. The Labute approximate surface area is 128 Å².